The molecule has 0 spiro atoms. The summed E-state index contributed by atoms with van der Waals surface area (Å²) in [5.41, 5.74) is 7.07. The monoisotopic (exact) mass is 373 g/mol. The minimum absolute atomic E-state index is 0.354. The first-order valence-corrected chi connectivity index (χ1v) is 7.27. The molecule has 0 fully saturated rings. The van der Waals surface area contributed by atoms with Gasteiger partial charge in [0.2, 0.25) is 0 Å². The number of hydrogen-bond acceptors (Lipinski definition) is 3. The molecule has 0 aliphatic rings. The number of benzene rings is 2. The summed E-state index contributed by atoms with van der Waals surface area (Å²) in [5, 5.41) is 0.391. The molecular weight excluding hydrogens is 361 g/mol. The molecule has 0 bridgehead atoms. The maximum absolute atomic E-state index is 14.0. The molecule has 6 heteroatoms. The van der Waals surface area contributed by atoms with Gasteiger partial charge in [0, 0.05) is 21.1 Å². The van der Waals surface area contributed by atoms with Gasteiger partial charge in [0.1, 0.15) is 5.82 Å². The molecule has 0 aliphatic carbocycles. The fraction of sp³-hybridized carbons (Fsp3) is 0.200. The second-order valence-corrected chi connectivity index (χ2v) is 5.70. The normalized spacial score (nSPS) is 12.1. The molecule has 0 aliphatic heterocycles. The van der Waals surface area contributed by atoms with Crippen LogP contribution in [0.3, 0.4) is 0 Å². The largest absolute Gasteiger partial charge is 0.493 e. The maximum Gasteiger partial charge on any atom is 0.162 e. The fourth-order valence-electron chi connectivity index (χ4n) is 2.03. The highest BCUT2D eigenvalue weighted by atomic mass is 79.9. The third-order valence-corrected chi connectivity index (χ3v) is 3.96. The Morgan fingerprint density at radius 3 is 2.29 bits per heavy atom. The van der Waals surface area contributed by atoms with E-state index in [1.807, 2.05) is 0 Å². The molecule has 2 rings (SSSR count). The smallest absolute Gasteiger partial charge is 0.162 e. The number of rotatable bonds is 4. The predicted octanol–water partition coefficient (Wildman–Crippen LogP) is 4.31. The van der Waals surface area contributed by atoms with Gasteiger partial charge < -0.3 is 15.2 Å². The van der Waals surface area contributed by atoms with Crippen molar-refractivity contribution in [2.45, 2.75) is 6.04 Å². The van der Waals surface area contributed by atoms with Crippen molar-refractivity contribution < 1.29 is 13.9 Å². The number of nitrogens with two attached hydrogens (primary N) is 1. The van der Waals surface area contributed by atoms with Gasteiger partial charge in [0.15, 0.2) is 11.5 Å². The van der Waals surface area contributed by atoms with Crippen LogP contribution < -0.4 is 15.2 Å². The van der Waals surface area contributed by atoms with Gasteiger partial charge in [-0.2, -0.15) is 0 Å². The minimum Gasteiger partial charge on any atom is -0.493 e. The van der Waals surface area contributed by atoms with Gasteiger partial charge in [-0.05, 0) is 23.8 Å². The Labute approximate surface area is 135 Å². The van der Waals surface area contributed by atoms with Crippen molar-refractivity contribution in [2.24, 2.45) is 5.73 Å². The standard InChI is InChI=1S/C15H14BrClFNO2/c1-20-13-6-10(11(17)7-14(13)21-2)15(19)9-4-3-8(16)5-12(9)18/h3-7,15H,19H2,1-2H3. The van der Waals surface area contributed by atoms with E-state index >= 15 is 0 Å². The Bertz CT molecular complexity index is 666. The molecular formula is C15H14BrClFNO2. The summed E-state index contributed by atoms with van der Waals surface area (Å²) in [6.45, 7) is 0. The van der Waals surface area contributed by atoms with Crippen molar-refractivity contribution in [1.29, 1.82) is 0 Å². The number of ether oxygens (including phenoxy) is 2. The van der Waals surface area contributed by atoms with E-state index in [9.17, 15) is 4.39 Å². The van der Waals surface area contributed by atoms with Crippen LogP contribution in [0.1, 0.15) is 17.2 Å². The van der Waals surface area contributed by atoms with Gasteiger partial charge in [-0.1, -0.05) is 33.6 Å². The van der Waals surface area contributed by atoms with Crippen LogP contribution in [-0.4, -0.2) is 14.2 Å². The van der Waals surface area contributed by atoms with Crippen molar-refractivity contribution in [1.82, 2.24) is 0 Å². The van der Waals surface area contributed by atoms with E-state index in [-0.39, 0.29) is 0 Å². The van der Waals surface area contributed by atoms with E-state index in [1.165, 1.54) is 20.3 Å². The number of halogens is 3. The van der Waals surface area contributed by atoms with E-state index in [0.29, 0.717) is 32.1 Å². The quantitative estimate of drug-likeness (QED) is 0.867. The van der Waals surface area contributed by atoms with Gasteiger partial charge in [0.05, 0.1) is 20.3 Å². The zero-order valence-corrected chi connectivity index (χ0v) is 13.8. The van der Waals surface area contributed by atoms with Crippen molar-refractivity contribution in [3.05, 3.63) is 56.8 Å². The lowest BCUT2D eigenvalue weighted by atomic mass is 9.98. The summed E-state index contributed by atoms with van der Waals surface area (Å²) in [6.07, 6.45) is 0. The van der Waals surface area contributed by atoms with Gasteiger partial charge in [-0.15, -0.1) is 0 Å². The Morgan fingerprint density at radius 2 is 1.71 bits per heavy atom. The van der Waals surface area contributed by atoms with Crippen LogP contribution in [0.15, 0.2) is 34.8 Å². The minimum atomic E-state index is -0.703. The van der Waals surface area contributed by atoms with Crippen LogP contribution in [0, 0.1) is 5.82 Å². The first-order valence-electron chi connectivity index (χ1n) is 6.10. The highest BCUT2D eigenvalue weighted by Gasteiger charge is 2.19. The SMILES string of the molecule is COc1cc(Cl)c(C(N)c2ccc(Br)cc2F)cc1OC. The van der Waals surface area contributed by atoms with Gasteiger partial charge in [-0.3, -0.25) is 0 Å². The third kappa shape index (κ3) is 3.31. The average Bonchev–Trinajstić information content (AvgIpc) is 2.46. The summed E-state index contributed by atoms with van der Waals surface area (Å²) in [4.78, 5) is 0. The Kier molecular flexibility index (Phi) is 5.08. The lowest BCUT2D eigenvalue weighted by molar-refractivity contribution is 0.354. The molecule has 2 aromatic carbocycles. The van der Waals surface area contributed by atoms with Crippen molar-refractivity contribution >= 4 is 27.5 Å². The topological polar surface area (TPSA) is 44.5 Å². The average molecular weight is 375 g/mol. The number of hydrogen-bond donors (Lipinski definition) is 1. The Morgan fingerprint density at radius 1 is 1.10 bits per heavy atom. The summed E-state index contributed by atoms with van der Waals surface area (Å²) in [5.74, 6) is 0.585. The summed E-state index contributed by atoms with van der Waals surface area (Å²) >= 11 is 9.43. The van der Waals surface area contributed by atoms with E-state index < -0.39 is 11.9 Å². The van der Waals surface area contributed by atoms with Crippen LogP contribution >= 0.6 is 27.5 Å². The van der Waals surface area contributed by atoms with Crippen molar-refractivity contribution in [3.8, 4) is 11.5 Å². The first-order chi connectivity index (χ1) is 9.97. The van der Waals surface area contributed by atoms with Crippen molar-refractivity contribution in [2.75, 3.05) is 14.2 Å². The van der Waals surface area contributed by atoms with Crippen LogP contribution in [0.4, 0.5) is 4.39 Å². The molecule has 112 valence electrons. The number of methoxy groups -OCH3 is 2. The molecule has 0 heterocycles. The molecule has 2 N–H and O–H groups in total. The van der Waals surface area contributed by atoms with Crippen LogP contribution in [-0.2, 0) is 0 Å². The molecule has 0 amide bonds. The second-order valence-electron chi connectivity index (χ2n) is 4.37. The Hall–Kier alpha value is -1.30. The molecule has 0 aromatic heterocycles. The lowest BCUT2D eigenvalue weighted by Gasteiger charge is -2.18. The van der Waals surface area contributed by atoms with Gasteiger partial charge in [-0.25, -0.2) is 4.39 Å². The highest BCUT2D eigenvalue weighted by molar-refractivity contribution is 9.10. The predicted molar refractivity (Wildman–Crippen MR) is 84.7 cm³/mol. The van der Waals surface area contributed by atoms with Gasteiger partial charge >= 0.3 is 0 Å². The second kappa shape index (κ2) is 6.64. The summed E-state index contributed by atoms with van der Waals surface area (Å²) < 4.78 is 25.1. The van der Waals surface area contributed by atoms with Crippen LogP contribution in [0.2, 0.25) is 5.02 Å². The molecule has 0 saturated carbocycles. The summed E-state index contributed by atoms with van der Waals surface area (Å²) in [7, 11) is 3.03. The highest BCUT2D eigenvalue weighted by Crippen LogP contribution is 2.37. The van der Waals surface area contributed by atoms with E-state index in [1.54, 1.807) is 24.3 Å². The fourth-order valence-corrected chi connectivity index (χ4v) is 2.63. The summed E-state index contributed by atoms with van der Waals surface area (Å²) in [6, 6.07) is 7.28. The third-order valence-electron chi connectivity index (χ3n) is 3.14. The maximum atomic E-state index is 14.0. The first kappa shape index (κ1) is 16.1. The molecule has 1 atom stereocenters. The molecule has 1 unspecified atom stereocenters. The van der Waals surface area contributed by atoms with Gasteiger partial charge in [0.25, 0.3) is 0 Å². The van der Waals surface area contributed by atoms with E-state index in [2.05, 4.69) is 15.9 Å². The van der Waals surface area contributed by atoms with E-state index in [4.69, 9.17) is 26.8 Å². The molecule has 0 saturated heterocycles. The molecule has 3 nitrogen and oxygen atoms in total. The Balaban J connectivity index is 2.50. The zero-order valence-electron chi connectivity index (χ0n) is 11.5. The molecule has 0 radical (unpaired) electrons. The van der Waals surface area contributed by atoms with Crippen LogP contribution in [0.25, 0.3) is 0 Å². The van der Waals surface area contributed by atoms with E-state index in [0.717, 1.165) is 0 Å². The zero-order chi connectivity index (χ0) is 15.6. The molecule has 2 aromatic rings. The lowest BCUT2D eigenvalue weighted by Crippen LogP contribution is -2.14. The molecule has 21 heavy (non-hydrogen) atoms. The van der Waals surface area contributed by atoms with Crippen LogP contribution in [0.5, 0.6) is 11.5 Å². The van der Waals surface area contributed by atoms with Crippen molar-refractivity contribution in [3.63, 3.8) is 0 Å².